The molecule has 1 saturated heterocycles. The first-order valence-corrected chi connectivity index (χ1v) is 6.66. The van der Waals surface area contributed by atoms with Gasteiger partial charge in [0, 0.05) is 32.8 Å². The number of nitrogens with zero attached hydrogens (tertiary/aromatic N) is 1. The molecule has 0 aromatic carbocycles. The lowest BCUT2D eigenvalue weighted by Gasteiger charge is -2.40. The van der Waals surface area contributed by atoms with Gasteiger partial charge in [0.2, 0.25) is 5.91 Å². The van der Waals surface area contributed by atoms with Gasteiger partial charge >= 0.3 is 0 Å². The predicted octanol–water partition coefficient (Wildman–Crippen LogP) is 1.39. The Kier molecular flexibility index (Phi) is 5.40. The number of hydrogen-bond donors (Lipinski definition) is 1. The van der Waals surface area contributed by atoms with Crippen LogP contribution in [0.2, 0.25) is 0 Å². The minimum Gasteiger partial charge on any atom is -0.381 e. The Balaban J connectivity index is 2.77. The first kappa shape index (κ1) is 14.5. The molecule has 17 heavy (non-hydrogen) atoms. The van der Waals surface area contributed by atoms with Crippen molar-refractivity contribution in [3.05, 3.63) is 0 Å². The van der Waals surface area contributed by atoms with Crippen LogP contribution in [-0.2, 0) is 9.53 Å². The van der Waals surface area contributed by atoms with Crippen molar-refractivity contribution in [3.8, 4) is 0 Å². The number of amides is 1. The van der Waals surface area contributed by atoms with E-state index in [0.29, 0.717) is 25.8 Å². The van der Waals surface area contributed by atoms with Crippen molar-refractivity contribution in [1.82, 2.24) is 4.90 Å². The Morgan fingerprint density at radius 3 is 2.29 bits per heavy atom. The molecule has 0 unspecified atom stereocenters. The zero-order valence-electron chi connectivity index (χ0n) is 11.4. The first-order valence-electron chi connectivity index (χ1n) is 6.66. The van der Waals surface area contributed by atoms with E-state index >= 15 is 0 Å². The van der Waals surface area contributed by atoms with E-state index < -0.39 is 0 Å². The maximum atomic E-state index is 12.6. The van der Waals surface area contributed by atoms with Crippen molar-refractivity contribution < 1.29 is 9.53 Å². The van der Waals surface area contributed by atoms with Crippen molar-refractivity contribution in [1.29, 1.82) is 0 Å². The number of carbonyl (C=O) groups is 1. The van der Waals surface area contributed by atoms with E-state index in [1.165, 1.54) is 0 Å². The van der Waals surface area contributed by atoms with E-state index in [-0.39, 0.29) is 11.3 Å². The maximum absolute atomic E-state index is 12.6. The van der Waals surface area contributed by atoms with Gasteiger partial charge in [0.05, 0.1) is 5.41 Å². The third-order valence-corrected chi connectivity index (χ3v) is 4.10. The predicted molar refractivity (Wildman–Crippen MR) is 68.7 cm³/mol. The fourth-order valence-electron chi connectivity index (χ4n) is 2.64. The van der Waals surface area contributed by atoms with Crippen LogP contribution in [0.25, 0.3) is 0 Å². The Labute approximate surface area is 104 Å². The highest BCUT2D eigenvalue weighted by Gasteiger charge is 2.41. The third-order valence-electron chi connectivity index (χ3n) is 4.10. The van der Waals surface area contributed by atoms with Gasteiger partial charge in [-0.2, -0.15) is 0 Å². The summed E-state index contributed by atoms with van der Waals surface area (Å²) in [7, 11) is 1.91. The van der Waals surface area contributed by atoms with Crippen molar-refractivity contribution in [2.75, 3.05) is 26.8 Å². The van der Waals surface area contributed by atoms with E-state index in [9.17, 15) is 4.79 Å². The van der Waals surface area contributed by atoms with Crippen LogP contribution in [0.4, 0.5) is 0 Å². The van der Waals surface area contributed by atoms with Crippen LogP contribution in [-0.4, -0.2) is 43.7 Å². The van der Waals surface area contributed by atoms with Gasteiger partial charge in [-0.25, -0.2) is 0 Å². The summed E-state index contributed by atoms with van der Waals surface area (Å²) in [6, 6.07) is 0.328. The lowest BCUT2D eigenvalue weighted by Crippen LogP contribution is -2.52. The molecule has 0 bridgehead atoms. The molecule has 4 heteroatoms. The number of ether oxygens (including phenoxy) is 1. The van der Waals surface area contributed by atoms with Crippen LogP contribution >= 0.6 is 0 Å². The molecular formula is C13H26N2O2. The van der Waals surface area contributed by atoms with Crippen molar-refractivity contribution >= 4 is 5.91 Å². The Bertz CT molecular complexity index is 246. The summed E-state index contributed by atoms with van der Waals surface area (Å²) < 4.78 is 5.34. The molecule has 1 rings (SSSR count). The highest BCUT2D eigenvalue weighted by Crippen LogP contribution is 2.32. The average molecular weight is 242 g/mol. The van der Waals surface area contributed by atoms with Crippen LogP contribution in [0, 0.1) is 5.41 Å². The molecule has 0 spiro atoms. The molecule has 0 aliphatic carbocycles. The van der Waals surface area contributed by atoms with Crippen molar-refractivity contribution in [2.24, 2.45) is 11.1 Å². The summed E-state index contributed by atoms with van der Waals surface area (Å²) in [5.41, 5.74) is 5.48. The van der Waals surface area contributed by atoms with E-state index in [2.05, 4.69) is 13.8 Å². The maximum Gasteiger partial charge on any atom is 0.230 e. The minimum atomic E-state index is -0.379. The largest absolute Gasteiger partial charge is 0.381 e. The summed E-state index contributed by atoms with van der Waals surface area (Å²) in [4.78, 5) is 14.5. The molecule has 0 saturated carbocycles. The Morgan fingerprint density at radius 1 is 1.35 bits per heavy atom. The highest BCUT2D eigenvalue weighted by molar-refractivity contribution is 5.83. The zero-order chi connectivity index (χ0) is 12.9. The van der Waals surface area contributed by atoms with Crippen LogP contribution in [0.3, 0.4) is 0 Å². The number of rotatable bonds is 5. The van der Waals surface area contributed by atoms with E-state index in [1.807, 2.05) is 11.9 Å². The second-order valence-electron chi connectivity index (χ2n) is 4.98. The monoisotopic (exact) mass is 242 g/mol. The van der Waals surface area contributed by atoms with Crippen LogP contribution in [0.5, 0.6) is 0 Å². The quantitative estimate of drug-likeness (QED) is 0.792. The lowest BCUT2D eigenvalue weighted by molar-refractivity contribution is -0.148. The summed E-state index contributed by atoms with van der Waals surface area (Å²) in [6.45, 7) is 5.98. The molecule has 0 radical (unpaired) electrons. The SMILES string of the molecule is CCC(CC)N(C)C(=O)C1(CN)CCOCC1. The number of carbonyl (C=O) groups excluding carboxylic acids is 1. The molecule has 4 nitrogen and oxygen atoms in total. The second kappa shape index (κ2) is 6.36. The van der Waals surface area contributed by atoms with E-state index in [0.717, 1.165) is 25.7 Å². The molecule has 1 aliphatic rings. The van der Waals surface area contributed by atoms with Crippen LogP contribution in [0.15, 0.2) is 0 Å². The summed E-state index contributed by atoms with van der Waals surface area (Å²) in [5, 5.41) is 0. The highest BCUT2D eigenvalue weighted by atomic mass is 16.5. The molecule has 100 valence electrons. The molecule has 0 aromatic rings. The molecule has 1 amide bonds. The van der Waals surface area contributed by atoms with Crippen LogP contribution < -0.4 is 5.73 Å². The van der Waals surface area contributed by atoms with Gasteiger partial charge < -0.3 is 15.4 Å². The van der Waals surface area contributed by atoms with E-state index in [1.54, 1.807) is 0 Å². The van der Waals surface area contributed by atoms with Gasteiger partial charge in [-0.1, -0.05) is 13.8 Å². The summed E-state index contributed by atoms with van der Waals surface area (Å²) >= 11 is 0. The second-order valence-corrected chi connectivity index (χ2v) is 4.98. The lowest BCUT2D eigenvalue weighted by atomic mass is 9.78. The fraction of sp³-hybridized carbons (Fsp3) is 0.923. The molecule has 1 aliphatic heterocycles. The fourth-order valence-corrected chi connectivity index (χ4v) is 2.64. The summed E-state index contributed by atoms with van der Waals surface area (Å²) in [6.07, 6.45) is 3.51. The average Bonchev–Trinajstić information content (AvgIpc) is 2.39. The zero-order valence-corrected chi connectivity index (χ0v) is 11.4. The Morgan fingerprint density at radius 2 is 1.88 bits per heavy atom. The molecule has 0 aromatic heterocycles. The molecular weight excluding hydrogens is 216 g/mol. The normalized spacial score (nSPS) is 19.4. The molecule has 1 fully saturated rings. The van der Waals surface area contributed by atoms with Gasteiger partial charge in [-0.15, -0.1) is 0 Å². The molecule has 2 N–H and O–H groups in total. The van der Waals surface area contributed by atoms with E-state index in [4.69, 9.17) is 10.5 Å². The van der Waals surface area contributed by atoms with Gasteiger partial charge in [0.15, 0.2) is 0 Å². The van der Waals surface area contributed by atoms with Gasteiger partial charge in [0.1, 0.15) is 0 Å². The Hall–Kier alpha value is -0.610. The standard InChI is InChI=1S/C13H26N2O2/c1-4-11(5-2)15(3)12(16)13(10-14)6-8-17-9-7-13/h11H,4-10,14H2,1-3H3. The summed E-state index contributed by atoms with van der Waals surface area (Å²) in [5.74, 6) is 0.206. The smallest absolute Gasteiger partial charge is 0.230 e. The molecule has 1 heterocycles. The van der Waals surface area contributed by atoms with Crippen LogP contribution in [0.1, 0.15) is 39.5 Å². The van der Waals surface area contributed by atoms with Gasteiger partial charge in [0.25, 0.3) is 0 Å². The van der Waals surface area contributed by atoms with Crippen molar-refractivity contribution in [2.45, 2.75) is 45.6 Å². The first-order chi connectivity index (χ1) is 8.11. The minimum absolute atomic E-state index is 0.206. The third kappa shape index (κ3) is 2.99. The number of nitrogens with two attached hydrogens (primary N) is 1. The van der Waals surface area contributed by atoms with Gasteiger partial charge in [-0.3, -0.25) is 4.79 Å². The van der Waals surface area contributed by atoms with Crippen molar-refractivity contribution in [3.63, 3.8) is 0 Å². The molecule has 0 atom stereocenters. The van der Waals surface area contributed by atoms with Gasteiger partial charge in [-0.05, 0) is 25.7 Å². The number of hydrogen-bond acceptors (Lipinski definition) is 3. The topological polar surface area (TPSA) is 55.6 Å².